The Kier molecular flexibility index (Phi) is 3.33. The molecule has 2 aromatic carbocycles. The first-order valence-corrected chi connectivity index (χ1v) is 6.82. The second-order valence-corrected chi connectivity index (χ2v) is 4.93. The molecule has 5 heteroatoms. The second-order valence-electron chi connectivity index (χ2n) is 4.93. The van der Waals surface area contributed by atoms with E-state index in [4.69, 9.17) is 5.73 Å². The topological polar surface area (TPSA) is 43.8 Å². The fourth-order valence-corrected chi connectivity index (χ4v) is 2.48. The third kappa shape index (κ3) is 2.24. The molecule has 0 bridgehead atoms. The number of nitrogens with two attached hydrogens (primary N) is 1. The number of fused-ring (bicyclic) bond motifs is 1. The molecule has 0 unspecified atom stereocenters. The zero-order valence-corrected chi connectivity index (χ0v) is 11.6. The molecule has 3 aromatic rings. The van der Waals surface area contributed by atoms with Crippen LogP contribution in [0.1, 0.15) is 13.3 Å². The smallest absolute Gasteiger partial charge is 0.151 e. The van der Waals surface area contributed by atoms with Crippen LogP contribution in [0.15, 0.2) is 36.4 Å². The summed E-state index contributed by atoms with van der Waals surface area (Å²) in [5.41, 5.74) is 7.39. The van der Waals surface area contributed by atoms with Gasteiger partial charge in [-0.2, -0.15) is 0 Å². The number of imidazole rings is 1. The van der Waals surface area contributed by atoms with E-state index in [1.807, 2.05) is 11.5 Å². The number of halogens is 2. The standard InChI is InChI=1S/C16H15F2N3/c1-2-8-21-14-5-3-4-13(18)15(14)20-16(21)11-9-10(19)6-7-12(11)17/h3-7,9H,2,8,19H2,1H3. The van der Waals surface area contributed by atoms with Crippen molar-refractivity contribution in [1.29, 1.82) is 0 Å². The highest BCUT2D eigenvalue weighted by Crippen LogP contribution is 2.29. The summed E-state index contributed by atoms with van der Waals surface area (Å²) >= 11 is 0. The lowest BCUT2D eigenvalue weighted by Gasteiger charge is -2.09. The number of aryl methyl sites for hydroxylation is 1. The van der Waals surface area contributed by atoms with Crippen LogP contribution in [-0.4, -0.2) is 9.55 Å². The highest BCUT2D eigenvalue weighted by Gasteiger charge is 2.17. The Balaban J connectivity index is 2.33. The Labute approximate surface area is 121 Å². The quantitative estimate of drug-likeness (QED) is 0.741. The predicted octanol–water partition coefficient (Wildman–Crippen LogP) is 3.97. The maximum atomic E-state index is 14.1. The van der Waals surface area contributed by atoms with E-state index in [-0.39, 0.29) is 5.52 Å². The van der Waals surface area contributed by atoms with Crippen LogP contribution in [0.4, 0.5) is 14.5 Å². The van der Waals surface area contributed by atoms with Crippen molar-refractivity contribution in [3.8, 4) is 11.4 Å². The van der Waals surface area contributed by atoms with Crippen LogP contribution < -0.4 is 5.73 Å². The van der Waals surface area contributed by atoms with E-state index in [2.05, 4.69) is 4.98 Å². The molecule has 1 aromatic heterocycles. The Morgan fingerprint density at radius 3 is 2.71 bits per heavy atom. The number of rotatable bonds is 3. The molecule has 0 atom stereocenters. The van der Waals surface area contributed by atoms with Gasteiger partial charge in [0.1, 0.15) is 17.2 Å². The van der Waals surface area contributed by atoms with Gasteiger partial charge in [-0.05, 0) is 36.8 Å². The molecule has 3 rings (SSSR count). The van der Waals surface area contributed by atoms with Crippen LogP contribution >= 0.6 is 0 Å². The molecule has 0 spiro atoms. The molecular weight excluding hydrogens is 272 g/mol. The van der Waals surface area contributed by atoms with Gasteiger partial charge in [0.2, 0.25) is 0 Å². The summed E-state index contributed by atoms with van der Waals surface area (Å²) < 4.78 is 29.9. The molecular formula is C16H15F2N3. The van der Waals surface area contributed by atoms with Crippen molar-refractivity contribution in [3.05, 3.63) is 48.0 Å². The molecule has 1 heterocycles. The van der Waals surface area contributed by atoms with Gasteiger partial charge >= 0.3 is 0 Å². The van der Waals surface area contributed by atoms with Crippen LogP contribution in [-0.2, 0) is 6.54 Å². The summed E-state index contributed by atoms with van der Waals surface area (Å²) in [4.78, 5) is 4.30. The van der Waals surface area contributed by atoms with Gasteiger partial charge in [0.05, 0.1) is 11.1 Å². The average molecular weight is 287 g/mol. The molecule has 2 N–H and O–H groups in total. The van der Waals surface area contributed by atoms with Gasteiger partial charge in [-0.1, -0.05) is 13.0 Å². The first-order chi connectivity index (χ1) is 10.1. The van der Waals surface area contributed by atoms with Gasteiger partial charge in [0, 0.05) is 12.2 Å². The average Bonchev–Trinajstić information content (AvgIpc) is 2.82. The monoisotopic (exact) mass is 287 g/mol. The number of anilines is 1. The summed E-state index contributed by atoms with van der Waals surface area (Å²) in [6.45, 7) is 2.63. The van der Waals surface area contributed by atoms with E-state index >= 15 is 0 Å². The minimum absolute atomic E-state index is 0.253. The zero-order valence-electron chi connectivity index (χ0n) is 11.6. The minimum Gasteiger partial charge on any atom is -0.399 e. The van der Waals surface area contributed by atoms with Crippen LogP contribution in [0, 0.1) is 11.6 Å². The summed E-state index contributed by atoms with van der Waals surface area (Å²) in [6.07, 6.45) is 0.832. The SMILES string of the molecule is CCCn1c(-c2cc(N)ccc2F)nc2c(F)cccc21. The first kappa shape index (κ1) is 13.5. The van der Waals surface area contributed by atoms with E-state index in [0.717, 1.165) is 6.42 Å². The largest absolute Gasteiger partial charge is 0.399 e. The van der Waals surface area contributed by atoms with Crippen molar-refractivity contribution in [2.24, 2.45) is 0 Å². The van der Waals surface area contributed by atoms with Gasteiger partial charge in [-0.25, -0.2) is 13.8 Å². The molecule has 0 amide bonds. The Bertz CT molecular complexity index is 809. The number of nitrogen functional groups attached to an aromatic ring is 1. The Morgan fingerprint density at radius 2 is 1.95 bits per heavy atom. The van der Waals surface area contributed by atoms with E-state index in [1.165, 1.54) is 24.3 Å². The molecule has 21 heavy (non-hydrogen) atoms. The molecule has 0 saturated carbocycles. The molecule has 108 valence electrons. The first-order valence-electron chi connectivity index (χ1n) is 6.82. The fraction of sp³-hybridized carbons (Fsp3) is 0.188. The maximum absolute atomic E-state index is 14.1. The van der Waals surface area contributed by atoms with Gasteiger partial charge in [-0.15, -0.1) is 0 Å². The lowest BCUT2D eigenvalue weighted by molar-refractivity contribution is 0.625. The zero-order chi connectivity index (χ0) is 15.0. The van der Waals surface area contributed by atoms with E-state index in [9.17, 15) is 8.78 Å². The Hall–Kier alpha value is -2.43. The number of hydrogen-bond acceptors (Lipinski definition) is 2. The van der Waals surface area contributed by atoms with Gasteiger partial charge in [0.15, 0.2) is 5.82 Å². The number of hydrogen-bond donors (Lipinski definition) is 1. The van der Waals surface area contributed by atoms with Crippen LogP contribution in [0.3, 0.4) is 0 Å². The Morgan fingerprint density at radius 1 is 1.14 bits per heavy atom. The summed E-state index contributed by atoms with van der Waals surface area (Å²) in [5.74, 6) is -0.424. The van der Waals surface area contributed by atoms with Crippen molar-refractivity contribution in [2.75, 3.05) is 5.73 Å². The number of para-hydroxylation sites is 1. The van der Waals surface area contributed by atoms with Crippen LogP contribution in [0.5, 0.6) is 0 Å². The molecule has 3 nitrogen and oxygen atoms in total. The van der Waals surface area contributed by atoms with Crippen LogP contribution in [0.25, 0.3) is 22.4 Å². The van der Waals surface area contributed by atoms with Crippen molar-refractivity contribution in [1.82, 2.24) is 9.55 Å². The third-order valence-corrected chi connectivity index (χ3v) is 3.41. The summed E-state index contributed by atoms with van der Waals surface area (Å²) in [5, 5.41) is 0. The van der Waals surface area contributed by atoms with E-state index < -0.39 is 11.6 Å². The second kappa shape index (κ2) is 5.16. The lowest BCUT2D eigenvalue weighted by atomic mass is 10.1. The van der Waals surface area contributed by atoms with E-state index in [1.54, 1.807) is 12.1 Å². The molecule has 0 fully saturated rings. The molecule has 0 aliphatic heterocycles. The number of benzene rings is 2. The van der Waals surface area contributed by atoms with E-state index in [0.29, 0.717) is 29.1 Å². The minimum atomic E-state index is -0.419. The number of aromatic nitrogens is 2. The highest BCUT2D eigenvalue weighted by molar-refractivity contribution is 5.81. The van der Waals surface area contributed by atoms with Gasteiger partial charge in [0.25, 0.3) is 0 Å². The van der Waals surface area contributed by atoms with Crippen molar-refractivity contribution < 1.29 is 8.78 Å². The summed E-state index contributed by atoms with van der Waals surface area (Å²) in [7, 11) is 0. The molecule has 0 saturated heterocycles. The fourth-order valence-electron chi connectivity index (χ4n) is 2.48. The van der Waals surface area contributed by atoms with Crippen molar-refractivity contribution in [3.63, 3.8) is 0 Å². The third-order valence-electron chi connectivity index (χ3n) is 3.41. The predicted molar refractivity (Wildman–Crippen MR) is 79.8 cm³/mol. The number of nitrogens with zero attached hydrogens (tertiary/aromatic N) is 2. The molecule has 0 aliphatic rings. The maximum Gasteiger partial charge on any atom is 0.151 e. The normalized spacial score (nSPS) is 11.2. The van der Waals surface area contributed by atoms with Crippen LogP contribution in [0.2, 0.25) is 0 Å². The summed E-state index contributed by atoms with van der Waals surface area (Å²) in [6, 6.07) is 9.09. The van der Waals surface area contributed by atoms with Gasteiger partial charge in [-0.3, -0.25) is 0 Å². The molecule has 0 radical (unpaired) electrons. The van der Waals surface area contributed by atoms with Gasteiger partial charge < -0.3 is 10.3 Å². The van der Waals surface area contributed by atoms with Crippen molar-refractivity contribution >= 4 is 16.7 Å². The molecule has 0 aliphatic carbocycles. The highest BCUT2D eigenvalue weighted by atomic mass is 19.1. The lowest BCUT2D eigenvalue weighted by Crippen LogP contribution is -2.01. The van der Waals surface area contributed by atoms with Crippen molar-refractivity contribution in [2.45, 2.75) is 19.9 Å².